The van der Waals surface area contributed by atoms with Gasteiger partial charge in [0.1, 0.15) is 5.60 Å². The molecule has 0 radical (unpaired) electrons. The molecule has 1 aliphatic rings. The second kappa shape index (κ2) is 4.24. The van der Waals surface area contributed by atoms with E-state index in [1.807, 2.05) is 25.5 Å². The highest BCUT2D eigenvalue weighted by Gasteiger charge is 2.44. The standard InChI is InChI=1S/C11H17ClN2OS/c1-7(2)14-10(9(12)6-13-14)11(15)4-5-16-8(11)3/h6-8,15H,4-5H2,1-3H3. The molecule has 0 amide bonds. The van der Waals surface area contributed by atoms with Crippen LogP contribution < -0.4 is 0 Å². The third-order valence-corrected chi connectivity index (χ3v) is 4.78. The van der Waals surface area contributed by atoms with Gasteiger partial charge in [-0.2, -0.15) is 16.9 Å². The molecule has 2 atom stereocenters. The van der Waals surface area contributed by atoms with E-state index in [4.69, 9.17) is 11.6 Å². The van der Waals surface area contributed by atoms with Gasteiger partial charge in [0.15, 0.2) is 0 Å². The van der Waals surface area contributed by atoms with Gasteiger partial charge in [-0.25, -0.2) is 0 Å². The van der Waals surface area contributed by atoms with Gasteiger partial charge >= 0.3 is 0 Å². The maximum Gasteiger partial charge on any atom is 0.120 e. The van der Waals surface area contributed by atoms with Crippen molar-refractivity contribution in [2.75, 3.05) is 5.75 Å². The number of thioether (sulfide) groups is 1. The highest BCUT2D eigenvalue weighted by atomic mass is 35.5. The number of nitrogens with zero attached hydrogens (tertiary/aromatic N) is 2. The summed E-state index contributed by atoms with van der Waals surface area (Å²) in [5.41, 5.74) is -0.0515. The smallest absolute Gasteiger partial charge is 0.120 e. The fraction of sp³-hybridized carbons (Fsp3) is 0.727. The van der Waals surface area contributed by atoms with E-state index in [1.54, 1.807) is 18.0 Å². The molecule has 1 saturated heterocycles. The van der Waals surface area contributed by atoms with Gasteiger partial charge < -0.3 is 5.11 Å². The summed E-state index contributed by atoms with van der Waals surface area (Å²) in [6.45, 7) is 6.14. The molecular formula is C11H17ClN2OS. The predicted molar refractivity (Wildman–Crippen MR) is 68.1 cm³/mol. The van der Waals surface area contributed by atoms with Crippen LogP contribution in [0.3, 0.4) is 0 Å². The van der Waals surface area contributed by atoms with Crippen molar-refractivity contribution in [2.45, 2.75) is 44.1 Å². The molecule has 2 rings (SSSR count). The minimum Gasteiger partial charge on any atom is -0.382 e. The Morgan fingerprint density at radius 2 is 2.38 bits per heavy atom. The van der Waals surface area contributed by atoms with Crippen LogP contribution in [0.4, 0.5) is 0 Å². The molecule has 1 N–H and O–H groups in total. The van der Waals surface area contributed by atoms with Crippen LogP contribution in [0.15, 0.2) is 6.20 Å². The topological polar surface area (TPSA) is 38.0 Å². The zero-order valence-electron chi connectivity index (χ0n) is 9.77. The Kier molecular flexibility index (Phi) is 3.25. The van der Waals surface area contributed by atoms with Gasteiger partial charge in [-0.1, -0.05) is 18.5 Å². The normalized spacial score (nSPS) is 30.2. The predicted octanol–water partition coefficient (Wildman–Crippen LogP) is 2.83. The average molecular weight is 261 g/mol. The Labute approximate surface area is 105 Å². The molecule has 2 heterocycles. The summed E-state index contributed by atoms with van der Waals surface area (Å²) in [5, 5.41) is 15.8. The fourth-order valence-electron chi connectivity index (χ4n) is 2.18. The number of rotatable bonds is 2. The molecule has 1 aromatic heterocycles. The van der Waals surface area contributed by atoms with E-state index < -0.39 is 5.60 Å². The second-order valence-electron chi connectivity index (χ2n) is 4.57. The monoisotopic (exact) mass is 260 g/mol. The molecule has 0 saturated carbocycles. The molecule has 2 unspecified atom stereocenters. The minimum absolute atomic E-state index is 0.166. The van der Waals surface area contributed by atoms with Crippen LogP contribution in [0.2, 0.25) is 5.02 Å². The molecule has 0 bridgehead atoms. The summed E-state index contributed by atoms with van der Waals surface area (Å²) in [4.78, 5) is 0. The van der Waals surface area contributed by atoms with Gasteiger partial charge in [-0.15, -0.1) is 0 Å². The van der Waals surface area contributed by atoms with Crippen molar-refractivity contribution in [3.05, 3.63) is 16.9 Å². The van der Waals surface area contributed by atoms with Crippen LogP contribution in [0.1, 0.15) is 38.9 Å². The first kappa shape index (κ1) is 12.3. The quantitative estimate of drug-likeness (QED) is 0.889. The van der Waals surface area contributed by atoms with E-state index in [9.17, 15) is 5.11 Å². The highest BCUT2D eigenvalue weighted by molar-refractivity contribution is 8.00. The summed E-state index contributed by atoms with van der Waals surface area (Å²) in [6, 6.07) is 0.212. The molecule has 0 spiro atoms. The third-order valence-electron chi connectivity index (χ3n) is 3.17. The first-order valence-electron chi connectivity index (χ1n) is 5.54. The summed E-state index contributed by atoms with van der Waals surface area (Å²) in [5.74, 6) is 0.970. The highest BCUT2D eigenvalue weighted by Crippen LogP contribution is 2.45. The summed E-state index contributed by atoms with van der Waals surface area (Å²) in [6.07, 6.45) is 2.38. The van der Waals surface area contributed by atoms with E-state index >= 15 is 0 Å². The first-order valence-corrected chi connectivity index (χ1v) is 6.97. The lowest BCUT2D eigenvalue weighted by Crippen LogP contribution is -2.35. The van der Waals surface area contributed by atoms with Gasteiger partial charge in [0.05, 0.1) is 16.9 Å². The molecule has 1 fully saturated rings. The fourth-order valence-corrected chi connectivity index (χ4v) is 3.76. The zero-order valence-corrected chi connectivity index (χ0v) is 11.3. The van der Waals surface area contributed by atoms with Gasteiger partial charge in [0.2, 0.25) is 0 Å². The van der Waals surface area contributed by atoms with Crippen molar-refractivity contribution >= 4 is 23.4 Å². The molecule has 1 aromatic rings. The van der Waals surface area contributed by atoms with Crippen LogP contribution in [-0.2, 0) is 5.60 Å². The number of halogens is 1. The van der Waals surface area contributed by atoms with Crippen molar-refractivity contribution in [3.8, 4) is 0 Å². The lowest BCUT2D eigenvalue weighted by Gasteiger charge is -2.29. The largest absolute Gasteiger partial charge is 0.382 e. The molecule has 3 nitrogen and oxygen atoms in total. The van der Waals surface area contributed by atoms with Crippen molar-refractivity contribution in [3.63, 3.8) is 0 Å². The minimum atomic E-state index is -0.831. The van der Waals surface area contributed by atoms with E-state index in [2.05, 4.69) is 5.10 Å². The maximum atomic E-state index is 10.8. The van der Waals surface area contributed by atoms with Gasteiger partial charge in [-0.05, 0) is 26.0 Å². The van der Waals surface area contributed by atoms with Crippen molar-refractivity contribution in [2.24, 2.45) is 0 Å². The summed E-state index contributed by atoms with van der Waals surface area (Å²) >= 11 is 7.95. The van der Waals surface area contributed by atoms with Crippen LogP contribution in [0, 0.1) is 0 Å². The molecule has 16 heavy (non-hydrogen) atoms. The van der Waals surface area contributed by atoms with E-state index in [1.165, 1.54) is 0 Å². The third kappa shape index (κ3) is 1.77. The Hall–Kier alpha value is -0.190. The molecule has 5 heteroatoms. The van der Waals surface area contributed by atoms with Gasteiger partial charge in [0.25, 0.3) is 0 Å². The van der Waals surface area contributed by atoms with Crippen molar-refractivity contribution in [1.82, 2.24) is 9.78 Å². The summed E-state index contributed by atoms with van der Waals surface area (Å²) < 4.78 is 1.84. The lowest BCUT2D eigenvalue weighted by atomic mass is 9.93. The Morgan fingerprint density at radius 3 is 2.88 bits per heavy atom. The van der Waals surface area contributed by atoms with Gasteiger partial charge in [-0.3, -0.25) is 4.68 Å². The number of aliphatic hydroxyl groups is 1. The average Bonchev–Trinajstić information content (AvgIpc) is 2.73. The summed E-state index contributed by atoms with van der Waals surface area (Å²) in [7, 11) is 0. The van der Waals surface area contributed by atoms with E-state index in [0.29, 0.717) is 5.02 Å². The molecular weight excluding hydrogens is 244 g/mol. The Morgan fingerprint density at radius 1 is 1.69 bits per heavy atom. The molecule has 0 aromatic carbocycles. The van der Waals surface area contributed by atoms with Gasteiger partial charge in [0, 0.05) is 11.3 Å². The van der Waals surface area contributed by atoms with E-state index in [-0.39, 0.29) is 11.3 Å². The molecule has 1 aliphatic heterocycles. The Balaban J connectivity index is 2.50. The number of hydrogen-bond donors (Lipinski definition) is 1. The number of aromatic nitrogens is 2. The van der Waals surface area contributed by atoms with Crippen LogP contribution in [0.5, 0.6) is 0 Å². The maximum absolute atomic E-state index is 10.8. The van der Waals surface area contributed by atoms with E-state index in [0.717, 1.165) is 17.9 Å². The van der Waals surface area contributed by atoms with Crippen molar-refractivity contribution in [1.29, 1.82) is 0 Å². The van der Waals surface area contributed by atoms with Crippen molar-refractivity contribution < 1.29 is 5.11 Å². The molecule has 0 aliphatic carbocycles. The van der Waals surface area contributed by atoms with Crippen LogP contribution in [-0.4, -0.2) is 25.9 Å². The second-order valence-corrected chi connectivity index (χ2v) is 6.42. The SMILES string of the molecule is CC(C)n1ncc(Cl)c1C1(O)CCSC1C. The van der Waals surface area contributed by atoms with Crippen LogP contribution >= 0.6 is 23.4 Å². The first-order chi connectivity index (χ1) is 7.47. The van der Waals surface area contributed by atoms with Crippen LogP contribution in [0.25, 0.3) is 0 Å². The molecule has 90 valence electrons. The Bertz CT molecular complexity index is 393. The lowest BCUT2D eigenvalue weighted by molar-refractivity contribution is 0.0323. The number of hydrogen-bond acceptors (Lipinski definition) is 3. The zero-order chi connectivity index (χ0) is 11.9.